The van der Waals surface area contributed by atoms with Crippen molar-refractivity contribution in [1.29, 1.82) is 0 Å². The van der Waals surface area contributed by atoms with E-state index in [9.17, 15) is 9.59 Å². The number of amides is 1. The second kappa shape index (κ2) is 10.3. The number of carbonyl (C=O) groups excluding carboxylic acids is 1. The summed E-state index contributed by atoms with van der Waals surface area (Å²) in [5, 5.41) is 13.3. The molecule has 1 aliphatic rings. The Morgan fingerprint density at radius 1 is 1.12 bits per heavy atom. The van der Waals surface area contributed by atoms with Crippen molar-refractivity contribution in [2.75, 3.05) is 0 Å². The number of carboxylic acid groups (broad SMARTS) is 1. The molecule has 0 radical (unpaired) electrons. The SMILES string of the molecule is Cc1c(Cl)cccc1N=C1NC(=O)/C(=C\c2ccc(OCc3cccc(C(=O)O)c3)c(Cl)c2)S1. The number of rotatable bonds is 6. The molecular weight excluding hydrogens is 495 g/mol. The molecule has 6 nitrogen and oxygen atoms in total. The van der Waals surface area contributed by atoms with E-state index >= 15 is 0 Å². The van der Waals surface area contributed by atoms with Crippen molar-refractivity contribution >= 4 is 63.8 Å². The Labute approximate surface area is 210 Å². The number of carboxylic acids is 1. The molecule has 34 heavy (non-hydrogen) atoms. The number of carbonyl (C=O) groups is 2. The van der Waals surface area contributed by atoms with Gasteiger partial charge in [0.25, 0.3) is 5.91 Å². The van der Waals surface area contributed by atoms with Crippen molar-refractivity contribution in [3.05, 3.63) is 97.9 Å². The van der Waals surface area contributed by atoms with Gasteiger partial charge in [0, 0.05) is 5.02 Å². The zero-order valence-corrected chi connectivity index (χ0v) is 20.2. The minimum absolute atomic E-state index is 0.169. The van der Waals surface area contributed by atoms with Gasteiger partial charge in [0.1, 0.15) is 12.4 Å². The number of amidine groups is 1. The topological polar surface area (TPSA) is 88.0 Å². The largest absolute Gasteiger partial charge is 0.487 e. The summed E-state index contributed by atoms with van der Waals surface area (Å²) in [5.41, 5.74) is 3.15. The van der Waals surface area contributed by atoms with Crippen molar-refractivity contribution in [1.82, 2.24) is 5.32 Å². The highest BCUT2D eigenvalue weighted by molar-refractivity contribution is 8.18. The number of nitrogens with zero attached hydrogens (tertiary/aromatic N) is 1. The predicted molar refractivity (Wildman–Crippen MR) is 136 cm³/mol. The van der Waals surface area contributed by atoms with Crippen molar-refractivity contribution in [3.63, 3.8) is 0 Å². The Bertz CT molecular complexity index is 1350. The van der Waals surface area contributed by atoms with Crippen LogP contribution in [-0.4, -0.2) is 22.2 Å². The highest BCUT2D eigenvalue weighted by Gasteiger charge is 2.24. The Hall–Kier alpha value is -3.26. The zero-order chi connectivity index (χ0) is 24.2. The molecule has 3 aromatic carbocycles. The number of hydrogen-bond donors (Lipinski definition) is 2. The van der Waals surface area contributed by atoms with Crippen LogP contribution in [0.3, 0.4) is 0 Å². The monoisotopic (exact) mass is 512 g/mol. The van der Waals surface area contributed by atoms with Gasteiger partial charge < -0.3 is 15.2 Å². The van der Waals surface area contributed by atoms with E-state index in [-0.39, 0.29) is 18.1 Å². The second-order valence-electron chi connectivity index (χ2n) is 7.35. The van der Waals surface area contributed by atoms with E-state index in [2.05, 4.69) is 10.3 Å². The maximum Gasteiger partial charge on any atom is 0.335 e. The van der Waals surface area contributed by atoms with E-state index in [4.69, 9.17) is 33.0 Å². The van der Waals surface area contributed by atoms with Gasteiger partial charge >= 0.3 is 5.97 Å². The summed E-state index contributed by atoms with van der Waals surface area (Å²) in [6.45, 7) is 2.04. The van der Waals surface area contributed by atoms with Gasteiger partial charge in [0.2, 0.25) is 0 Å². The molecule has 1 saturated heterocycles. The van der Waals surface area contributed by atoms with Crippen LogP contribution in [0.25, 0.3) is 6.08 Å². The zero-order valence-electron chi connectivity index (χ0n) is 17.8. The van der Waals surface area contributed by atoms with E-state index < -0.39 is 5.97 Å². The van der Waals surface area contributed by atoms with E-state index in [1.165, 1.54) is 17.8 Å². The predicted octanol–water partition coefficient (Wildman–Crippen LogP) is 6.47. The Kier molecular flexibility index (Phi) is 7.26. The lowest BCUT2D eigenvalue weighted by Crippen LogP contribution is -2.19. The minimum Gasteiger partial charge on any atom is -0.487 e. The highest BCUT2D eigenvalue weighted by Crippen LogP contribution is 2.33. The van der Waals surface area contributed by atoms with Crippen molar-refractivity contribution < 1.29 is 19.4 Å². The molecule has 1 heterocycles. The van der Waals surface area contributed by atoms with E-state index in [0.717, 1.165) is 11.1 Å². The van der Waals surface area contributed by atoms with Crippen LogP contribution < -0.4 is 10.1 Å². The third-order valence-corrected chi connectivity index (χ3v) is 6.55. The van der Waals surface area contributed by atoms with Crippen LogP contribution in [-0.2, 0) is 11.4 Å². The van der Waals surface area contributed by atoms with Crippen LogP contribution in [0, 0.1) is 6.92 Å². The normalized spacial score (nSPS) is 15.6. The number of benzene rings is 3. The van der Waals surface area contributed by atoms with Crippen molar-refractivity contribution in [3.8, 4) is 5.75 Å². The molecule has 1 aliphatic heterocycles. The second-order valence-corrected chi connectivity index (χ2v) is 9.19. The third-order valence-electron chi connectivity index (χ3n) is 4.93. The Balaban J connectivity index is 1.46. The first-order valence-electron chi connectivity index (χ1n) is 10.1. The number of ether oxygens (including phenoxy) is 1. The van der Waals surface area contributed by atoms with E-state index in [1.54, 1.807) is 54.6 Å². The van der Waals surface area contributed by atoms with Crippen LogP contribution in [0.15, 0.2) is 70.6 Å². The van der Waals surface area contributed by atoms with E-state index in [0.29, 0.717) is 37.1 Å². The lowest BCUT2D eigenvalue weighted by atomic mass is 10.1. The van der Waals surface area contributed by atoms with E-state index in [1.807, 2.05) is 13.0 Å². The summed E-state index contributed by atoms with van der Waals surface area (Å²) in [6.07, 6.45) is 1.72. The first kappa shape index (κ1) is 23.9. The van der Waals surface area contributed by atoms with Gasteiger partial charge in [-0.2, -0.15) is 0 Å². The van der Waals surface area contributed by atoms with Crippen LogP contribution in [0.4, 0.5) is 5.69 Å². The molecule has 2 N–H and O–H groups in total. The first-order valence-corrected chi connectivity index (χ1v) is 11.7. The fourth-order valence-electron chi connectivity index (χ4n) is 3.14. The fourth-order valence-corrected chi connectivity index (χ4v) is 4.39. The van der Waals surface area contributed by atoms with Gasteiger partial charge in [0.15, 0.2) is 5.17 Å². The molecular formula is C25H18Cl2N2O4S. The summed E-state index contributed by atoms with van der Waals surface area (Å²) >= 11 is 13.8. The molecule has 1 fully saturated rings. The number of hydrogen-bond acceptors (Lipinski definition) is 5. The molecule has 3 aromatic rings. The molecule has 0 spiro atoms. The lowest BCUT2D eigenvalue weighted by molar-refractivity contribution is -0.115. The number of nitrogens with one attached hydrogen (secondary N) is 1. The molecule has 4 rings (SSSR count). The molecule has 0 aliphatic carbocycles. The lowest BCUT2D eigenvalue weighted by Gasteiger charge is -2.09. The molecule has 172 valence electrons. The van der Waals surface area contributed by atoms with Crippen LogP contribution >= 0.6 is 35.0 Å². The van der Waals surface area contributed by atoms with Gasteiger partial charge in [-0.25, -0.2) is 9.79 Å². The smallest absolute Gasteiger partial charge is 0.335 e. The van der Waals surface area contributed by atoms with Crippen LogP contribution in [0.1, 0.15) is 27.0 Å². The fraction of sp³-hybridized carbons (Fsp3) is 0.0800. The van der Waals surface area contributed by atoms with Gasteiger partial charge in [-0.3, -0.25) is 4.79 Å². The Morgan fingerprint density at radius 2 is 1.91 bits per heavy atom. The molecule has 1 amide bonds. The summed E-state index contributed by atoms with van der Waals surface area (Å²) in [6, 6.07) is 17.1. The number of halogens is 2. The number of aromatic carboxylic acids is 1. The number of aliphatic imine (C=N–C) groups is 1. The van der Waals surface area contributed by atoms with Gasteiger partial charge in [-0.05, 0) is 77.9 Å². The molecule has 0 atom stereocenters. The van der Waals surface area contributed by atoms with Gasteiger partial charge in [-0.1, -0.05) is 47.5 Å². The van der Waals surface area contributed by atoms with Gasteiger partial charge in [0.05, 0.1) is 21.2 Å². The maximum atomic E-state index is 12.4. The molecule has 0 unspecified atom stereocenters. The van der Waals surface area contributed by atoms with Crippen LogP contribution in [0.5, 0.6) is 5.75 Å². The molecule has 9 heteroatoms. The standard InChI is InChI=1S/C25H18Cl2N2O4S/c1-14-18(26)6-3-7-20(14)28-25-29-23(30)22(34-25)12-15-8-9-21(19(27)11-15)33-13-16-4-2-5-17(10-16)24(31)32/h2-12H,13H2,1H3,(H,31,32)(H,28,29,30)/b22-12+. The highest BCUT2D eigenvalue weighted by atomic mass is 35.5. The third kappa shape index (κ3) is 5.62. The molecule has 0 saturated carbocycles. The minimum atomic E-state index is -0.998. The molecule has 0 bridgehead atoms. The van der Waals surface area contributed by atoms with Crippen LogP contribution in [0.2, 0.25) is 10.0 Å². The van der Waals surface area contributed by atoms with Crippen molar-refractivity contribution in [2.45, 2.75) is 13.5 Å². The quantitative estimate of drug-likeness (QED) is 0.369. The number of thioether (sulfide) groups is 1. The average molecular weight is 513 g/mol. The first-order chi connectivity index (χ1) is 16.3. The summed E-state index contributed by atoms with van der Waals surface area (Å²) < 4.78 is 5.75. The van der Waals surface area contributed by atoms with Gasteiger partial charge in [-0.15, -0.1) is 0 Å². The molecule has 0 aromatic heterocycles. The summed E-state index contributed by atoms with van der Waals surface area (Å²) in [4.78, 5) is 28.5. The average Bonchev–Trinajstić information content (AvgIpc) is 3.15. The maximum absolute atomic E-state index is 12.4. The summed E-state index contributed by atoms with van der Waals surface area (Å²) in [5.74, 6) is -0.799. The van der Waals surface area contributed by atoms with Crippen molar-refractivity contribution in [2.24, 2.45) is 4.99 Å². The Morgan fingerprint density at radius 3 is 2.68 bits per heavy atom. The summed E-state index contributed by atoms with van der Waals surface area (Å²) in [7, 11) is 0.